The van der Waals surface area contributed by atoms with Gasteiger partial charge in [0.15, 0.2) is 0 Å². The second kappa shape index (κ2) is 6.97. The zero-order valence-electron chi connectivity index (χ0n) is 11.9. The number of hydrazone groups is 1. The zero-order valence-corrected chi connectivity index (χ0v) is 11.9. The van der Waals surface area contributed by atoms with Crippen LogP contribution < -0.4 is 5.32 Å². The molecular formula is C15H18FN3O2. The molecule has 1 N–H and O–H groups in total. The number of hydrogen-bond donors (Lipinski definition) is 1. The molecule has 6 heteroatoms. The summed E-state index contributed by atoms with van der Waals surface area (Å²) in [5.74, 6) is -0.577. The Morgan fingerprint density at radius 1 is 1.43 bits per heavy atom. The number of aryl methyl sites for hydroxylation is 1. The van der Waals surface area contributed by atoms with Crippen LogP contribution in [-0.2, 0) is 16.0 Å². The molecule has 2 amide bonds. The first-order chi connectivity index (χ1) is 10.1. The Hall–Kier alpha value is -2.24. The first-order valence-corrected chi connectivity index (χ1v) is 6.93. The van der Waals surface area contributed by atoms with Crippen LogP contribution in [0.5, 0.6) is 0 Å². The van der Waals surface area contributed by atoms with Gasteiger partial charge in [0.05, 0.1) is 0 Å². The Morgan fingerprint density at radius 3 is 2.95 bits per heavy atom. The van der Waals surface area contributed by atoms with Gasteiger partial charge in [-0.1, -0.05) is 12.1 Å². The Balaban J connectivity index is 1.75. The maximum Gasteiger partial charge on any atom is 0.267 e. The Kier molecular flexibility index (Phi) is 5.03. The summed E-state index contributed by atoms with van der Waals surface area (Å²) in [6.07, 6.45) is 2.10. The van der Waals surface area contributed by atoms with Gasteiger partial charge in [0.2, 0.25) is 5.91 Å². The molecular weight excluding hydrogens is 273 g/mol. The molecule has 1 aliphatic rings. The van der Waals surface area contributed by atoms with Gasteiger partial charge in [-0.25, -0.2) is 9.40 Å². The molecule has 0 bridgehead atoms. The lowest BCUT2D eigenvalue weighted by molar-refractivity contribution is -0.130. The molecule has 21 heavy (non-hydrogen) atoms. The zero-order chi connectivity index (χ0) is 15.2. The molecule has 1 aliphatic heterocycles. The van der Waals surface area contributed by atoms with Crippen molar-refractivity contribution >= 4 is 17.5 Å². The summed E-state index contributed by atoms with van der Waals surface area (Å²) in [7, 11) is 1.54. The van der Waals surface area contributed by atoms with Crippen LogP contribution in [0.25, 0.3) is 0 Å². The van der Waals surface area contributed by atoms with E-state index < -0.39 is 0 Å². The van der Waals surface area contributed by atoms with Gasteiger partial charge in [-0.05, 0) is 30.5 Å². The molecule has 0 aliphatic carbocycles. The van der Waals surface area contributed by atoms with E-state index in [0.29, 0.717) is 31.5 Å². The molecule has 0 atom stereocenters. The van der Waals surface area contributed by atoms with Gasteiger partial charge in [0, 0.05) is 26.4 Å². The average Bonchev–Trinajstić information content (AvgIpc) is 2.46. The Labute approximate surface area is 122 Å². The van der Waals surface area contributed by atoms with Gasteiger partial charge < -0.3 is 5.32 Å². The first-order valence-electron chi connectivity index (χ1n) is 6.93. The minimum Gasteiger partial charge on any atom is -0.351 e. The Bertz CT molecular complexity index is 572. The lowest BCUT2D eigenvalue weighted by Gasteiger charge is -2.18. The van der Waals surface area contributed by atoms with E-state index in [2.05, 4.69) is 10.4 Å². The highest BCUT2D eigenvalue weighted by molar-refractivity contribution is 6.39. The third-order valence-electron chi connectivity index (χ3n) is 3.29. The predicted octanol–water partition coefficient (Wildman–Crippen LogP) is 1.48. The third kappa shape index (κ3) is 4.37. The molecule has 1 aromatic carbocycles. The summed E-state index contributed by atoms with van der Waals surface area (Å²) in [5.41, 5.74) is 1.28. The first kappa shape index (κ1) is 15.2. The largest absolute Gasteiger partial charge is 0.351 e. The number of rotatable bonds is 5. The molecule has 0 aromatic heterocycles. The molecule has 1 aromatic rings. The standard InChI is InChI=1S/C15H18FN3O2/c1-19-14(20)8-7-13(18-19)15(21)17-9-3-5-11-4-2-6-12(16)10-11/h2,4,6,10H,3,5,7-9H2,1H3,(H,17,21). The summed E-state index contributed by atoms with van der Waals surface area (Å²) >= 11 is 0. The van der Waals surface area contributed by atoms with Gasteiger partial charge in [0.25, 0.3) is 5.91 Å². The van der Waals surface area contributed by atoms with E-state index in [4.69, 9.17) is 0 Å². The number of carbonyl (C=O) groups excluding carboxylic acids is 2. The maximum absolute atomic E-state index is 13.0. The second-order valence-electron chi connectivity index (χ2n) is 4.95. The smallest absolute Gasteiger partial charge is 0.267 e. The van der Waals surface area contributed by atoms with Crippen molar-refractivity contribution in [1.29, 1.82) is 0 Å². The molecule has 5 nitrogen and oxygen atoms in total. The summed E-state index contributed by atoms with van der Waals surface area (Å²) in [5, 5.41) is 7.92. The summed E-state index contributed by atoms with van der Waals surface area (Å²) in [6, 6.07) is 6.43. The van der Waals surface area contributed by atoms with Gasteiger partial charge >= 0.3 is 0 Å². The molecule has 112 valence electrons. The van der Waals surface area contributed by atoms with Crippen LogP contribution in [0, 0.1) is 5.82 Å². The predicted molar refractivity (Wildman–Crippen MR) is 77.2 cm³/mol. The Morgan fingerprint density at radius 2 is 2.24 bits per heavy atom. The SMILES string of the molecule is CN1N=C(C(=O)NCCCc2cccc(F)c2)CCC1=O. The fourth-order valence-electron chi connectivity index (χ4n) is 2.12. The molecule has 0 saturated heterocycles. The molecule has 0 spiro atoms. The van der Waals surface area contributed by atoms with Crippen molar-refractivity contribution < 1.29 is 14.0 Å². The van der Waals surface area contributed by atoms with Gasteiger partial charge in [-0.3, -0.25) is 9.59 Å². The van der Waals surface area contributed by atoms with Crippen molar-refractivity contribution in [2.45, 2.75) is 25.7 Å². The summed E-state index contributed by atoms with van der Waals surface area (Å²) in [4.78, 5) is 23.1. The number of carbonyl (C=O) groups is 2. The van der Waals surface area contributed by atoms with Gasteiger partial charge in [0.1, 0.15) is 11.5 Å². The normalized spacial score (nSPS) is 14.9. The molecule has 0 fully saturated rings. The van der Waals surface area contributed by atoms with Gasteiger partial charge in [-0.15, -0.1) is 0 Å². The lowest BCUT2D eigenvalue weighted by Crippen LogP contribution is -2.38. The fraction of sp³-hybridized carbons (Fsp3) is 0.400. The monoisotopic (exact) mass is 291 g/mol. The average molecular weight is 291 g/mol. The van der Waals surface area contributed by atoms with Crippen LogP contribution in [0.3, 0.4) is 0 Å². The molecule has 1 heterocycles. The number of halogens is 1. The third-order valence-corrected chi connectivity index (χ3v) is 3.29. The van der Waals surface area contributed by atoms with Crippen LogP contribution in [0.4, 0.5) is 4.39 Å². The van der Waals surface area contributed by atoms with E-state index in [1.165, 1.54) is 17.1 Å². The topological polar surface area (TPSA) is 61.8 Å². The maximum atomic E-state index is 13.0. The van der Waals surface area contributed by atoms with E-state index in [0.717, 1.165) is 12.0 Å². The number of nitrogens with zero attached hydrogens (tertiary/aromatic N) is 2. The van der Waals surface area contributed by atoms with Crippen molar-refractivity contribution in [2.24, 2.45) is 5.10 Å². The van der Waals surface area contributed by atoms with Crippen molar-refractivity contribution in [2.75, 3.05) is 13.6 Å². The van der Waals surface area contributed by atoms with Crippen LogP contribution in [-0.4, -0.2) is 36.1 Å². The van der Waals surface area contributed by atoms with E-state index in [9.17, 15) is 14.0 Å². The van der Waals surface area contributed by atoms with E-state index in [1.807, 2.05) is 6.07 Å². The van der Waals surface area contributed by atoms with Crippen LogP contribution in [0.2, 0.25) is 0 Å². The van der Waals surface area contributed by atoms with Crippen molar-refractivity contribution in [3.63, 3.8) is 0 Å². The van der Waals surface area contributed by atoms with E-state index >= 15 is 0 Å². The fourth-order valence-corrected chi connectivity index (χ4v) is 2.12. The minimum absolute atomic E-state index is 0.0855. The number of benzene rings is 1. The van der Waals surface area contributed by atoms with E-state index in [1.54, 1.807) is 13.1 Å². The summed E-state index contributed by atoms with van der Waals surface area (Å²) in [6.45, 7) is 0.492. The van der Waals surface area contributed by atoms with Gasteiger partial charge in [-0.2, -0.15) is 5.10 Å². The molecule has 0 saturated carbocycles. The van der Waals surface area contributed by atoms with Crippen LogP contribution >= 0.6 is 0 Å². The van der Waals surface area contributed by atoms with E-state index in [-0.39, 0.29) is 17.6 Å². The number of nitrogens with one attached hydrogen (secondary N) is 1. The highest BCUT2D eigenvalue weighted by Gasteiger charge is 2.21. The van der Waals surface area contributed by atoms with Crippen molar-refractivity contribution in [3.05, 3.63) is 35.6 Å². The molecule has 0 radical (unpaired) electrons. The van der Waals surface area contributed by atoms with Crippen molar-refractivity contribution in [3.8, 4) is 0 Å². The molecule has 2 rings (SSSR count). The second-order valence-corrected chi connectivity index (χ2v) is 4.95. The van der Waals surface area contributed by atoms with Crippen molar-refractivity contribution in [1.82, 2.24) is 10.3 Å². The highest BCUT2D eigenvalue weighted by Crippen LogP contribution is 2.08. The quantitative estimate of drug-likeness (QED) is 0.835. The minimum atomic E-state index is -0.249. The molecule has 0 unspecified atom stereocenters. The number of amides is 2. The van der Waals surface area contributed by atoms with Crippen LogP contribution in [0.1, 0.15) is 24.8 Å². The lowest BCUT2D eigenvalue weighted by atomic mass is 10.1. The highest BCUT2D eigenvalue weighted by atomic mass is 19.1. The number of hydrogen-bond acceptors (Lipinski definition) is 3. The summed E-state index contributed by atoms with van der Waals surface area (Å²) < 4.78 is 13.0. The van der Waals surface area contributed by atoms with Crippen LogP contribution in [0.15, 0.2) is 29.4 Å².